The molecule has 0 atom stereocenters. The van der Waals surface area contributed by atoms with Crippen LogP contribution in [0.25, 0.3) is 0 Å². The third-order valence-electron chi connectivity index (χ3n) is 5.35. The van der Waals surface area contributed by atoms with Crippen LogP contribution in [0.15, 0.2) is 35.3 Å². The fourth-order valence-electron chi connectivity index (χ4n) is 3.66. The monoisotopic (exact) mass is 409 g/mol. The summed E-state index contributed by atoms with van der Waals surface area (Å²) in [4.78, 5) is 8.99. The van der Waals surface area contributed by atoms with Crippen molar-refractivity contribution in [3.8, 4) is 0 Å². The number of alkyl halides is 3. The number of piperazine rings is 1. The normalized spacial score (nSPS) is 19.1. The number of rotatable bonds is 5. The van der Waals surface area contributed by atoms with Gasteiger partial charge in [-0.2, -0.15) is 13.2 Å². The molecule has 1 aromatic carbocycles. The molecule has 1 fully saturated rings. The molecule has 8 heteroatoms. The van der Waals surface area contributed by atoms with Gasteiger partial charge in [0.05, 0.1) is 12.1 Å². The Kier molecular flexibility index (Phi) is 7.05. The van der Waals surface area contributed by atoms with Crippen LogP contribution in [-0.4, -0.2) is 56.7 Å². The van der Waals surface area contributed by atoms with Gasteiger partial charge < -0.3 is 20.4 Å². The highest BCUT2D eigenvalue weighted by Gasteiger charge is 2.31. The Morgan fingerprint density at radius 1 is 1.14 bits per heavy atom. The number of halogens is 3. The molecule has 1 aliphatic carbocycles. The predicted octanol–water partition coefficient (Wildman–Crippen LogP) is 3.23. The standard InChI is InChI=1S/C21H30F3N5/c1-3-25-20(27-18-6-4-5-7-18)26-15-16-14-17(21(22,23)24)8-9-19(16)29-12-10-28(2)11-13-29/h4-5,8-9,14,18H,3,6-7,10-13,15H2,1-2H3,(H2,25,26,27). The SMILES string of the molecule is CCNC(=NCc1cc(C(F)(F)F)ccc1N1CCN(C)CC1)NC1CC=CC1. The number of likely N-dealkylation sites (N-methyl/N-ethyl adjacent to an activating group) is 1. The summed E-state index contributed by atoms with van der Waals surface area (Å²) in [7, 11) is 2.06. The Hall–Kier alpha value is -2.22. The molecule has 1 aliphatic heterocycles. The van der Waals surface area contributed by atoms with E-state index in [1.165, 1.54) is 12.1 Å². The molecule has 0 spiro atoms. The minimum atomic E-state index is -4.36. The van der Waals surface area contributed by atoms with Crippen molar-refractivity contribution in [1.29, 1.82) is 0 Å². The van der Waals surface area contributed by atoms with Crippen LogP contribution in [0.2, 0.25) is 0 Å². The summed E-state index contributed by atoms with van der Waals surface area (Å²) in [6.45, 7) is 6.24. The molecule has 0 unspecified atom stereocenters. The summed E-state index contributed by atoms with van der Waals surface area (Å²) in [5.41, 5.74) is 0.817. The van der Waals surface area contributed by atoms with E-state index in [9.17, 15) is 13.2 Å². The van der Waals surface area contributed by atoms with Crippen LogP contribution < -0.4 is 15.5 Å². The van der Waals surface area contributed by atoms with Crippen LogP contribution in [0.5, 0.6) is 0 Å². The van der Waals surface area contributed by atoms with Crippen LogP contribution in [0.1, 0.15) is 30.9 Å². The second-order valence-corrected chi connectivity index (χ2v) is 7.61. The molecule has 160 valence electrons. The molecule has 3 rings (SSSR count). The number of nitrogens with zero attached hydrogens (tertiary/aromatic N) is 3. The number of hydrogen-bond donors (Lipinski definition) is 2. The lowest BCUT2D eigenvalue weighted by Gasteiger charge is -2.35. The summed E-state index contributed by atoms with van der Waals surface area (Å²) >= 11 is 0. The summed E-state index contributed by atoms with van der Waals surface area (Å²) in [5.74, 6) is 0.642. The van der Waals surface area contributed by atoms with Gasteiger partial charge in [0.2, 0.25) is 0 Å². The number of guanidine groups is 1. The highest BCUT2D eigenvalue weighted by Crippen LogP contribution is 2.33. The Labute approximate surface area is 170 Å². The van der Waals surface area contributed by atoms with Crippen LogP contribution in [0.3, 0.4) is 0 Å². The van der Waals surface area contributed by atoms with Crippen molar-refractivity contribution >= 4 is 11.6 Å². The van der Waals surface area contributed by atoms with E-state index >= 15 is 0 Å². The minimum Gasteiger partial charge on any atom is -0.369 e. The lowest BCUT2D eigenvalue weighted by molar-refractivity contribution is -0.137. The van der Waals surface area contributed by atoms with E-state index in [1.807, 2.05) is 6.92 Å². The van der Waals surface area contributed by atoms with E-state index in [4.69, 9.17) is 0 Å². The van der Waals surface area contributed by atoms with Crippen molar-refractivity contribution in [2.45, 2.75) is 38.5 Å². The fraction of sp³-hybridized carbons (Fsp3) is 0.571. The molecule has 1 aromatic rings. The third-order valence-corrected chi connectivity index (χ3v) is 5.35. The van der Waals surface area contributed by atoms with Gasteiger partial charge in [-0.25, -0.2) is 4.99 Å². The molecular formula is C21H30F3N5. The van der Waals surface area contributed by atoms with Crippen LogP contribution in [-0.2, 0) is 12.7 Å². The summed E-state index contributed by atoms with van der Waals surface area (Å²) in [5, 5.41) is 6.57. The van der Waals surface area contributed by atoms with Crippen molar-refractivity contribution in [2.24, 2.45) is 4.99 Å². The number of benzene rings is 1. The maximum absolute atomic E-state index is 13.3. The fourth-order valence-corrected chi connectivity index (χ4v) is 3.66. The quantitative estimate of drug-likeness (QED) is 0.445. The van der Waals surface area contributed by atoms with Crippen LogP contribution >= 0.6 is 0 Å². The molecule has 5 nitrogen and oxygen atoms in total. The second-order valence-electron chi connectivity index (χ2n) is 7.61. The highest BCUT2D eigenvalue weighted by molar-refractivity contribution is 5.80. The summed E-state index contributed by atoms with van der Waals surface area (Å²) in [6.07, 6.45) is 1.75. The van der Waals surface area contributed by atoms with Crippen molar-refractivity contribution in [3.63, 3.8) is 0 Å². The molecule has 29 heavy (non-hydrogen) atoms. The Morgan fingerprint density at radius 2 is 1.83 bits per heavy atom. The summed E-state index contributed by atoms with van der Waals surface area (Å²) in [6, 6.07) is 4.30. The predicted molar refractivity (Wildman–Crippen MR) is 111 cm³/mol. The van der Waals surface area contributed by atoms with E-state index in [-0.39, 0.29) is 12.6 Å². The molecule has 0 saturated carbocycles. The third kappa shape index (κ3) is 5.88. The molecule has 1 heterocycles. The molecular weight excluding hydrogens is 379 g/mol. The Bertz CT molecular complexity index is 728. The van der Waals surface area contributed by atoms with Gasteiger partial charge in [-0.3, -0.25) is 0 Å². The maximum atomic E-state index is 13.3. The lowest BCUT2D eigenvalue weighted by Crippen LogP contribution is -2.45. The first-order valence-electron chi connectivity index (χ1n) is 10.2. The van der Waals surface area contributed by atoms with E-state index in [0.29, 0.717) is 18.1 Å². The van der Waals surface area contributed by atoms with Crippen LogP contribution in [0.4, 0.5) is 18.9 Å². The van der Waals surface area contributed by atoms with Crippen LogP contribution in [0, 0.1) is 0 Å². The van der Waals surface area contributed by atoms with Crippen molar-refractivity contribution in [3.05, 3.63) is 41.5 Å². The van der Waals surface area contributed by atoms with E-state index in [0.717, 1.165) is 44.7 Å². The number of nitrogens with one attached hydrogen (secondary N) is 2. The zero-order valence-electron chi connectivity index (χ0n) is 17.1. The molecule has 0 amide bonds. The first kappa shape index (κ1) is 21.5. The average Bonchev–Trinajstić information content (AvgIpc) is 3.19. The van der Waals surface area contributed by atoms with E-state index in [1.54, 1.807) is 6.07 Å². The second kappa shape index (κ2) is 9.52. The average molecular weight is 410 g/mol. The van der Waals surface area contributed by atoms with Gasteiger partial charge >= 0.3 is 6.18 Å². The maximum Gasteiger partial charge on any atom is 0.416 e. The first-order valence-corrected chi connectivity index (χ1v) is 10.2. The Balaban J connectivity index is 1.83. The van der Waals surface area contributed by atoms with Crippen molar-refractivity contribution < 1.29 is 13.2 Å². The smallest absolute Gasteiger partial charge is 0.369 e. The topological polar surface area (TPSA) is 42.9 Å². The van der Waals surface area contributed by atoms with Crippen molar-refractivity contribution in [2.75, 3.05) is 44.7 Å². The molecule has 2 N–H and O–H groups in total. The first-order chi connectivity index (χ1) is 13.9. The van der Waals surface area contributed by atoms with Crippen molar-refractivity contribution in [1.82, 2.24) is 15.5 Å². The Morgan fingerprint density at radius 3 is 2.45 bits per heavy atom. The van der Waals surface area contributed by atoms with Gasteiger partial charge in [0.25, 0.3) is 0 Å². The van der Waals surface area contributed by atoms with Gasteiger partial charge in [0.15, 0.2) is 5.96 Å². The molecule has 0 aromatic heterocycles. The highest BCUT2D eigenvalue weighted by atomic mass is 19.4. The van der Waals surface area contributed by atoms with E-state index in [2.05, 4.69) is 44.6 Å². The largest absolute Gasteiger partial charge is 0.416 e. The molecule has 0 bridgehead atoms. The van der Waals surface area contributed by atoms with Gasteiger partial charge in [-0.1, -0.05) is 12.2 Å². The zero-order valence-corrected chi connectivity index (χ0v) is 17.1. The lowest BCUT2D eigenvalue weighted by atomic mass is 10.1. The number of anilines is 1. The van der Waals surface area contributed by atoms with Gasteiger partial charge in [-0.05, 0) is 50.6 Å². The number of hydrogen-bond acceptors (Lipinski definition) is 3. The van der Waals surface area contributed by atoms with E-state index < -0.39 is 11.7 Å². The van der Waals surface area contributed by atoms with Gasteiger partial charge in [0, 0.05) is 44.5 Å². The molecule has 0 radical (unpaired) electrons. The minimum absolute atomic E-state index is 0.196. The molecule has 1 saturated heterocycles. The van der Waals surface area contributed by atoms with Gasteiger partial charge in [-0.15, -0.1) is 0 Å². The molecule has 2 aliphatic rings. The van der Waals surface area contributed by atoms with Gasteiger partial charge in [0.1, 0.15) is 0 Å². The number of aliphatic imine (C=N–C) groups is 1. The zero-order chi connectivity index (χ0) is 20.9. The summed E-state index contributed by atoms with van der Waals surface area (Å²) < 4.78 is 39.9.